The number of carbonyl (C=O) groups excluding carboxylic acids is 1. The largest absolute Gasteiger partial charge is 0.395 e. The molecular weight excluding hydrogens is 312 g/mol. The number of guanidine groups is 1. The normalized spacial score (nSPS) is 11.5. The Morgan fingerprint density at radius 1 is 1.50 bits per heavy atom. The van der Waals surface area contributed by atoms with Gasteiger partial charge in [-0.2, -0.15) is 5.26 Å². The van der Waals surface area contributed by atoms with Crippen molar-refractivity contribution in [1.29, 1.82) is 5.26 Å². The molecule has 0 fully saturated rings. The van der Waals surface area contributed by atoms with Crippen LogP contribution in [0.3, 0.4) is 0 Å². The first-order valence-corrected chi connectivity index (χ1v) is 7.49. The summed E-state index contributed by atoms with van der Waals surface area (Å²) in [5.74, 6) is -0.308. The Balaban J connectivity index is 3.05. The first-order valence-electron chi connectivity index (χ1n) is 7.49. The number of aromatic nitrogens is 1. The van der Waals surface area contributed by atoms with Gasteiger partial charge in [0.05, 0.1) is 17.8 Å². The monoisotopic (exact) mass is 335 g/mol. The molecule has 0 aliphatic heterocycles. The molecule has 0 aliphatic rings. The highest BCUT2D eigenvalue weighted by molar-refractivity contribution is 5.96. The highest BCUT2D eigenvalue weighted by Crippen LogP contribution is 2.14. The number of aliphatic hydroxyl groups is 1. The number of amides is 1. The van der Waals surface area contributed by atoms with Gasteiger partial charge in [-0.1, -0.05) is 6.92 Å². The summed E-state index contributed by atoms with van der Waals surface area (Å²) in [5, 5.41) is 35.2. The standard InChI is InChI=1S/C15H22N6O3/c1-4-15(2,3)20-14(18-10-16)19-11-5-7-21(24)12(9-11)13(23)17-6-8-22/h5,7,9,22,24H,4,6,8H2,1-3H3,(H2,17,18,20,23)/p+1. The quantitative estimate of drug-likeness (QED) is 0.124. The molecule has 24 heavy (non-hydrogen) atoms. The molecule has 0 spiro atoms. The van der Waals surface area contributed by atoms with Gasteiger partial charge in [-0.25, -0.2) is 4.99 Å². The van der Waals surface area contributed by atoms with Gasteiger partial charge in [-0.05, 0) is 20.3 Å². The van der Waals surface area contributed by atoms with Gasteiger partial charge < -0.3 is 15.7 Å². The van der Waals surface area contributed by atoms with E-state index in [1.807, 2.05) is 20.8 Å². The second kappa shape index (κ2) is 8.69. The molecule has 0 saturated carbocycles. The SMILES string of the molecule is CCC(C)(C)N=C(NC#N)Nc1cc[n+](O)c(C(=O)NCCO)c1. The molecule has 0 unspecified atom stereocenters. The van der Waals surface area contributed by atoms with Gasteiger partial charge >= 0.3 is 11.6 Å². The van der Waals surface area contributed by atoms with Crippen molar-refractivity contribution in [2.45, 2.75) is 32.7 Å². The number of carbonyl (C=O) groups is 1. The molecule has 9 heteroatoms. The first-order chi connectivity index (χ1) is 11.3. The maximum atomic E-state index is 11.9. The number of aliphatic hydroxyl groups excluding tert-OH is 1. The fourth-order valence-corrected chi connectivity index (χ4v) is 1.66. The molecule has 5 N–H and O–H groups in total. The van der Waals surface area contributed by atoms with E-state index in [2.05, 4.69) is 20.9 Å². The molecule has 0 radical (unpaired) electrons. The van der Waals surface area contributed by atoms with E-state index >= 15 is 0 Å². The van der Waals surface area contributed by atoms with Crippen molar-refractivity contribution in [3.63, 3.8) is 0 Å². The summed E-state index contributed by atoms with van der Waals surface area (Å²) in [4.78, 5) is 16.4. The van der Waals surface area contributed by atoms with Gasteiger partial charge in [0, 0.05) is 23.4 Å². The van der Waals surface area contributed by atoms with E-state index in [0.717, 1.165) is 6.42 Å². The van der Waals surface area contributed by atoms with Crippen LogP contribution in [0.5, 0.6) is 0 Å². The number of pyridine rings is 1. The zero-order chi connectivity index (χ0) is 18.2. The molecule has 9 nitrogen and oxygen atoms in total. The number of nitrogens with zero attached hydrogens (tertiary/aromatic N) is 3. The van der Waals surface area contributed by atoms with E-state index in [1.165, 1.54) is 18.3 Å². The zero-order valence-electron chi connectivity index (χ0n) is 14.0. The molecule has 1 amide bonds. The van der Waals surface area contributed by atoms with Crippen LogP contribution in [0.2, 0.25) is 0 Å². The van der Waals surface area contributed by atoms with Crippen molar-refractivity contribution in [2.24, 2.45) is 4.99 Å². The molecule has 1 aromatic rings. The Hall–Kier alpha value is -2.86. The fraction of sp³-hybridized carbons (Fsp3) is 0.467. The van der Waals surface area contributed by atoms with Crippen LogP contribution in [0, 0.1) is 11.5 Å². The lowest BCUT2D eigenvalue weighted by molar-refractivity contribution is -0.905. The Morgan fingerprint density at radius 3 is 2.79 bits per heavy atom. The third-order valence-corrected chi connectivity index (χ3v) is 3.28. The number of rotatable bonds is 6. The Labute approximate surface area is 140 Å². The van der Waals surface area contributed by atoms with Crippen LogP contribution in [0.25, 0.3) is 0 Å². The zero-order valence-corrected chi connectivity index (χ0v) is 14.0. The summed E-state index contributed by atoms with van der Waals surface area (Å²) in [6.45, 7) is 5.70. The number of nitriles is 1. The van der Waals surface area contributed by atoms with Crippen LogP contribution >= 0.6 is 0 Å². The van der Waals surface area contributed by atoms with Crippen LogP contribution < -0.4 is 20.7 Å². The van der Waals surface area contributed by atoms with Crippen molar-refractivity contribution in [3.8, 4) is 6.19 Å². The van der Waals surface area contributed by atoms with Crippen molar-refractivity contribution in [2.75, 3.05) is 18.5 Å². The van der Waals surface area contributed by atoms with Crippen molar-refractivity contribution >= 4 is 17.6 Å². The molecule has 0 aromatic carbocycles. The number of nitrogens with one attached hydrogen (secondary N) is 3. The predicted octanol–water partition coefficient (Wildman–Crippen LogP) is -0.0393. The predicted molar refractivity (Wildman–Crippen MR) is 87.4 cm³/mol. The topological polar surface area (TPSA) is 134 Å². The van der Waals surface area contributed by atoms with Gasteiger partial charge in [0.25, 0.3) is 0 Å². The Morgan fingerprint density at radius 2 is 2.21 bits per heavy atom. The molecule has 130 valence electrons. The Bertz CT molecular complexity index is 651. The van der Waals surface area contributed by atoms with E-state index in [1.54, 1.807) is 6.19 Å². The molecule has 1 rings (SSSR count). The lowest BCUT2D eigenvalue weighted by Crippen LogP contribution is -2.42. The lowest BCUT2D eigenvalue weighted by Gasteiger charge is -2.19. The van der Waals surface area contributed by atoms with Crippen LogP contribution in [0.15, 0.2) is 23.3 Å². The van der Waals surface area contributed by atoms with E-state index in [4.69, 9.17) is 10.4 Å². The van der Waals surface area contributed by atoms with Crippen LogP contribution in [0.4, 0.5) is 5.69 Å². The molecule has 0 atom stereocenters. The smallest absolute Gasteiger partial charge is 0.323 e. The molecule has 1 heterocycles. The van der Waals surface area contributed by atoms with Crippen molar-refractivity contribution in [3.05, 3.63) is 24.0 Å². The summed E-state index contributed by atoms with van der Waals surface area (Å²) in [5.41, 5.74) is 0.0569. The van der Waals surface area contributed by atoms with E-state index < -0.39 is 5.91 Å². The summed E-state index contributed by atoms with van der Waals surface area (Å²) in [6, 6.07) is 2.93. The van der Waals surface area contributed by atoms with Gasteiger partial charge in [-0.15, -0.1) is 0 Å². The summed E-state index contributed by atoms with van der Waals surface area (Å²) in [6.07, 6.45) is 3.86. The third kappa shape index (κ3) is 5.73. The van der Waals surface area contributed by atoms with Gasteiger partial charge in [0.1, 0.15) is 0 Å². The average molecular weight is 335 g/mol. The first kappa shape index (κ1) is 19.2. The minimum absolute atomic E-state index is 0.0282. The van der Waals surface area contributed by atoms with Crippen LogP contribution in [-0.2, 0) is 0 Å². The van der Waals surface area contributed by atoms with Gasteiger partial charge in [0.15, 0.2) is 6.19 Å². The van der Waals surface area contributed by atoms with Gasteiger partial charge in [-0.3, -0.25) is 15.3 Å². The second-order valence-electron chi connectivity index (χ2n) is 5.61. The molecule has 0 saturated heterocycles. The van der Waals surface area contributed by atoms with Crippen LogP contribution in [0.1, 0.15) is 37.7 Å². The number of anilines is 1. The fourth-order valence-electron chi connectivity index (χ4n) is 1.66. The molecule has 1 aromatic heterocycles. The number of hydrogen-bond acceptors (Lipinski definition) is 5. The van der Waals surface area contributed by atoms with Crippen molar-refractivity contribution in [1.82, 2.24) is 10.6 Å². The van der Waals surface area contributed by atoms with E-state index in [9.17, 15) is 10.0 Å². The maximum absolute atomic E-state index is 11.9. The highest BCUT2D eigenvalue weighted by atomic mass is 16.5. The summed E-state index contributed by atoms with van der Waals surface area (Å²) in [7, 11) is 0. The highest BCUT2D eigenvalue weighted by Gasteiger charge is 2.21. The number of hydrogen-bond donors (Lipinski definition) is 5. The van der Waals surface area contributed by atoms with E-state index in [-0.39, 0.29) is 30.3 Å². The van der Waals surface area contributed by atoms with Gasteiger partial charge in [0.2, 0.25) is 12.2 Å². The minimum atomic E-state index is -0.546. The van der Waals surface area contributed by atoms with Crippen LogP contribution in [-0.4, -0.2) is 40.9 Å². The second-order valence-corrected chi connectivity index (χ2v) is 5.61. The van der Waals surface area contributed by atoms with E-state index in [0.29, 0.717) is 10.4 Å². The average Bonchev–Trinajstić information content (AvgIpc) is 2.54. The summed E-state index contributed by atoms with van der Waals surface area (Å²) < 4.78 is 0.669. The van der Waals surface area contributed by atoms with Crippen molar-refractivity contribution < 1.29 is 19.8 Å². The molecule has 0 aliphatic carbocycles. The molecular formula is C15H23N6O3+. The molecule has 0 bridgehead atoms. The Kier molecular flexibility index (Phi) is 6.95. The third-order valence-electron chi connectivity index (χ3n) is 3.28. The maximum Gasteiger partial charge on any atom is 0.323 e. The minimum Gasteiger partial charge on any atom is -0.395 e. The number of aliphatic imine (C=N–C) groups is 1. The lowest BCUT2D eigenvalue weighted by atomic mass is 10.0. The summed E-state index contributed by atoms with van der Waals surface area (Å²) >= 11 is 0.